The predicted octanol–water partition coefficient (Wildman–Crippen LogP) is 1.51. The summed E-state index contributed by atoms with van der Waals surface area (Å²) in [5, 5.41) is 6.60. The maximum absolute atomic E-state index is 4.40. The van der Waals surface area contributed by atoms with Gasteiger partial charge >= 0.3 is 0 Å². The molecule has 15 heavy (non-hydrogen) atoms. The molecule has 0 saturated carbocycles. The molecule has 2 N–H and O–H groups in total. The Morgan fingerprint density at radius 3 is 3.13 bits per heavy atom. The topological polar surface area (TPSA) is 53.6 Å². The zero-order valence-corrected chi connectivity index (χ0v) is 9.47. The Morgan fingerprint density at radius 2 is 2.47 bits per heavy atom. The molecule has 0 spiro atoms. The summed E-state index contributed by atoms with van der Waals surface area (Å²) >= 11 is 1.72. The van der Waals surface area contributed by atoms with Crippen LogP contribution in [-0.4, -0.2) is 21.5 Å². The minimum absolute atomic E-state index is 0.789. The minimum atomic E-state index is 0.789. The van der Waals surface area contributed by atoms with Gasteiger partial charge in [-0.1, -0.05) is 0 Å². The summed E-state index contributed by atoms with van der Waals surface area (Å²) in [4.78, 5) is 11.6. The van der Waals surface area contributed by atoms with E-state index in [1.165, 1.54) is 5.01 Å². The fourth-order valence-electron chi connectivity index (χ4n) is 1.31. The number of rotatable bonds is 5. The normalized spacial score (nSPS) is 10.7. The van der Waals surface area contributed by atoms with Crippen LogP contribution >= 0.6 is 11.3 Å². The standard InChI is InChI=1S/C10H14N4S/c1-8-7-15-10(14-8)2-3-11-6-9-12-4-5-13-9/h4-5,7,11H,2-3,6H2,1H3,(H,12,13). The summed E-state index contributed by atoms with van der Waals surface area (Å²) in [6.07, 6.45) is 4.58. The van der Waals surface area contributed by atoms with Crippen molar-refractivity contribution in [2.75, 3.05) is 6.54 Å². The first-order chi connectivity index (χ1) is 7.34. The number of nitrogens with zero attached hydrogens (tertiary/aromatic N) is 2. The van der Waals surface area contributed by atoms with E-state index in [1.54, 1.807) is 17.5 Å². The quantitative estimate of drug-likeness (QED) is 0.754. The van der Waals surface area contributed by atoms with Crippen LogP contribution in [0.2, 0.25) is 0 Å². The lowest BCUT2D eigenvalue weighted by molar-refractivity contribution is 0.663. The summed E-state index contributed by atoms with van der Waals surface area (Å²) < 4.78 is 0. The van der Waals surface area contributed by atoms with Crippen LogP contribution in [0.5, 0.6) is 0 Å². The van der Waals surface area contributed by atoms with Gasteiger partial charge in [0.05, 0.1) is 11.6 Å². The Morgan fingerprint density at radius 1 is 1.53 bits per heavy atom. The number of imidazole rings is 1. The highest BCUT2D eigenvalue weighted by molar-refractivity contribution is 7.09. The Balaban J connectivity index is 1.67. The van der Waals surface area contributed by atoms with Crippen LogP contribution in [0, 0.1) is 6.92 Å². The van der Waals surface area contributed by atoms with E-state index in [2.05, 4.69) is 25.6 Å². The van der Waals surface area contributed by atoms with Gasteiger partial charge < -0.3 is 10.3 Å². The van der Waals surface area contributed by atoms with Gasteiger partial charge in [0.1, 0.15) is 5.82 Å². The summed E-state index contributed by atoms with van der Waals surface area (Å²) in [7, 11) is 0. The number of H-pyrrole nitrogens is 1. The van der Waals surface area contributed by atoms with E-state index in [0.717, 1.165) is 31.0 Å². The first-order valence-electron chi connectivity index (χ1n) is 4.94. The number of aromatic nitrogens is 3. The molecule has 0 aliphatic rings. The van der Waals surface area contributed by atoms with Gasteiger partial charge in [-0.2, -0.15) is 0 Å². The van der Waals surface area contributed by atoms with Gasteiger partial charge in [-0.3, -0.25) is 0 Å². The number of thiazole rings is 1. The first kappa shape index (κ1) is 10.3. The van der Waals surface area contributed by atoms with Crippen molar-refractivity contribution < 1.29 is 0 Å². The number of aromatic amines is 1. The first-order valence-corrected chi connectivity index (χ1v) is 5.82. The van der Waals surface area contributed by atoms with E-state index in [-0.39, 0.29) is 0 Å². The third kappa shape index (κ3) is 3.14. The summed E-state index contributed by atoms with van der Waals surface area (Å²) in [6.45, 7) is 3.75. The van der Waals surface area contributed by atoms with E-state index >= 15 is 0 Å². The van der Waals surface area contributed by atoms with Crippen LogP contribution in [0.4, 0.5) is 0 Å². The van der Waals surface area contributed by atoms with E-state index in [4.69, 9.17) is 0 Å². The van der Waals surface area contributed by atoms with Gasteiger partial charge in [-0.05, 0) is 6.92 Å². The lowest BCUT2D eigenvalue weighted by Gasteiger charge is -1.99. The smallest absolute Gasteiger partial charge is 0.120 e. The molecule has 0 bridgehead atoms. The maximum Gasteiger partial charge on any atom is 0.120 e. The fourth-order valence-corrected chi connectivity index (χ4v) is 2.09. The zero-order valence-electron chi connectivity index (χ0n) is 8.66. The molecule has 0 unspecified atom stereocenters. The van der Waals surface area contributed by atoms with Crippen LogP contribution in [0.3, 0.4) is 0 Å². The molecule has 0 saturated heterocycles. The van der Waals surface area contributed by atoms with Crippen molar-refractivity contribution in [2.24, 2.45) is 0 Å². The largest absolute Gasteiger partial charge is 0.348 e. The van der Waals surface area contributed by atoms with Crippen molar-refractivity contribution in [1.29, 1.82) is 0 Å². The molecule has 2 rings (SSSR count). The second-order valence-electron chi connectivity index (χ2n) is 3.35. The second kappa shape index (κ2) is 5.04. The fraction of sp³-hybridized carbons (Fsp3) is 0.400. The van der Waals surface area contributed by atoms with Crippen molar-refractivity contribution in [1.82, 2.24) is 20.3 Å². The number of nitrogens with one attached hydrogen (secondary N) is 2. The summed E-state index contributed by atoms with van der Waals surface area (Å²) in [5.74, 6) is 0.977. The average Bonchev–Trinajstić information content (AvgIpc) is 2.84. The molecule has 0 aliphatic carbocycles. The molecule has 4 nitrogen and oxygen atoms in total. The molecule has 0 amide bonds. The SMILES string of the molecule is Cc1csc(CCNCc2ncc[nH]2)n1. The molecule has 0 fully saturated rings. The van der Waals surface area contributed by atoms with Crippen LogP contribution in [0.15, 0.2) is 17.8 Å². The van der Waals surface area contributed by atoms with Crippen LogP contribution in [-0.2, 0) is 13.0 Å². The van der Waals surface area contributed by atoms with Gasteiger partial charge in [0.15, 0.2) is 0 Å². The van der Waals surface area contributed by atoms with Crippen molar-refractivity contribution in [3.63, 3.8) is 0 Å². The highest BCUT2D eigenvalue weighted by atomic mass is 32.1. The number of hydrogen-bond donors (Lipinski definition) is 2. The minimum Gasteiger partial charge on any atom is -0.348 e. The molecule has 80 valence electrons. The average molecular weight is 222 g/mol. The molecule has 0 radical (unpaired) electrons. The molecular formula is C10H14N4S. The van der Waals surface area contributed by atoms with Gasteiger partial charge in [0.25, 0.3) is 0 Å². The van der Waals surface area contributed by atoms with Gasteiger partial charge in [-0.25, -0.2) is 9.97 Å². The van der Waals surface area contributed by atoms with E-state index in [9.17, 15) is 0 Å². The molecule has 0 aromatic carbocycles. The maximum atomic E-state index is 4.40. The Hall–Kier alpha value is -1.20. The third-order valence-electron chi connectivity index (χ3n) is 2.03. The molecule has 2 aromatic heterocycles. The van der Waals surface area contributed by atoms with E-state index in [1.807, 2.05) is 13.1 Å². The molecule has 0 atom stereocenters. The zero-order chi connectivity index (χ0) is 10.5. The van der Waals surface area contributed by atoms with Gasteiger partial charge in [-0.15, -0.1) is 11.3 Å². The monoisotopic (exact) mass is 222 g/mol. The summed E-state index contributed by atoms with van der Waals surface area (Å²) in [5.41, 5.74) is 1.11. The summed E-state index contributed by atoms with van der Waals surface area (Å²) in [6, 6.07) is 0. The molecule has 2 aromatic rings. The lowest BCUT2D eigenvalue weighted by atomic mass is 10.4. The predicted molar refractivity (Wildman–Crippen MR) is 60.8 cm³/mol. The number of hydrogen-bond acceptors (Lipinski definition) is 4. The Kier molecular flexibility index (Phi) is 3.47. The second-order valence-corrected chi connectivity index (χ2v) is 4.29. The Labute approximate surface area is 92.8 Å². The molecular weight excluding hydrogens is 208 g/mol. The van der Waals surface area contributed by atoms with Crippen molar-refractivity contribution in [2.45, 2.75) is 19.9 Å². The number of aryl methyl sites for hydroxylation is 1. The van der Waals surface area contributed by atoms with Crippen LogP contribution < -0.4 is 5.32 Å². The van der Waals surface area contributed by atoms with Crippen molar-refractivity contribution >= 4 is 11.3 Å². The van der Waals surface area contributed by atoms with E-state index < -0.39 is 0 Å². The highest BCUT2D eigenvalue weighted by Crippen LogP contribution is 2.08. The van der Waals surface area contributed by atoms with E-state index in [0.29, 0.717) is 0 Å². The Bertz CT molecular complexity index is 393. The van der Waals surface area contributed by atoms with Crippen LogP contribution in [0.1, 0.15) is 16.5 Å². The molecule has 5 heteroatoms. The third-order valence-corrected chi connectivity index (χ3v) is 3.06. The van der Waals surface area contributed by atoms with Crippen LogP contribution in [0.25, 0.3) is 0 Å². The molecule has 0 aliphatic heterocycles. The van der Waals surface area contributed by atoms with Crippen molar-refractivity contribution in [3.05, 3.63) is 34.3 Å². The lowest BCUT2D eigenvalue weighted by Crippen LogP contribution is -2.17. The van der Waals surface area contributed by atoms with Gasteiger partial charge in [0, 0.05) is 36.4 Å². The highest BCUT2D eigenvalue weighted by Gasteiger charge is 1.98. The van der Waals surface area contributed by atoms with Crippen molar-refractivity contribution in [3.8, 4) is 0 Å². The molecule has 2 heterocycles. The van der Waals surface area contributed by atoms with Gasteiger partial charge in [0.2, 0.25) is 0 Å².